The normalized spacial score (nSPS) is 10.9. The lowest BCUT2D eigenvalue weighted by Crippen LogP contribution is -2.21. The Morgan fingerprint density at radius 1 is 1.13 bits per heavy atom. The Morgan fingerprint density at radius 3 is 2.57 bits per heavy atom. The fourth-order valence-corrected chi connectivity index (χ4v) is 3.62. The molecule has 3 aromatic rings. The van der Waals surface area contributed by atoms with Gasteiger partial charge in [0.2, 0.25) is 0 Å². The molecule has 1 aromatic carbocycles. The van der Waals surface area contributed by atoms with Crippen molar-refractivity contribution >= 4 is 33.1 Å². The van der Waals surface area contributed by atoms with Crippen molar-refractivity contribution in [1.82, 2.24) is 9.97 Å². The van der Waals surface area contributed by atoms with E-state index in [-0.39, 0.29) is 5.91 Å². The number of H-pyrrole nitrogens is 2. The van der Waals surface area contributed by atoms with E-state index in [4.69, 9.17) is 0 Å². The second kappa shape index (κ2) is 5.51. The molecule has 3 N–H and O–H groups in total. The van der Waals surface area contributed by atoms with Gasteiger partial charge in [-0.3, -0.25) is 19.6 Å². The highest BCUT2D eigenvalue weighted by atomic mass is 32.1. The number of hydrogen-bond acceptors (Lipinski definition) is 4. The zero-order valence-electron chi connectivity index (χ0n) is 12.9. The number of hydrogen-bond donors (Lipinski definition) is 3. The Kier molecular flexibility index (Phi) is 3.65. The first-order chi connectivity index (χ1) is 10.9. The Morgan fingerprint density at radius 2 is 1.87 bits per heavy atom. The summed E-state index contributed by atoms with van der Waals surface area (Å²) < 4.78 is 0. The molecule has 118 valence electrons. The van der Waals surface area contributed by atoms with Crippen LogP contribution in [0.2, 0.25) is 0 Å². The average molecular weight is 329 g/mol. The van der Waals surface area contributed by atoms with Gasteiger partial charge in [-0.05, 0) is 38.0 Å². The highest BCUT2D eigenvalue weighted by Gasteiger charge is 2.19. The van der Waals surface area contributed by atoms with Crippen LogP contribution in [0.15, 0.2) is 27.8 Å². The monoisotopic (exact) mass is 329 g/mol. The maximum atomic E-state index is 12.5. The van der Waals surface area contributed by atoms with Gasteiger partial charge < -0.3 is 5.32 Å². The molecule has 3 rings (SSSR count). The second-order valence-electron chi connectivity index (χ2n) is 5.44. The van der Waals surface area contributed by atoms with Crippen molar-refractivity contribution in [1.29, 1.82) is 0 Å². The van der Waals surface area contributed by atoms with Crippen LogP contribution in [0.1, 0.15) is 26.4 Å². The number of thiophene rings is 1. The molecule has 0 saturated heterocycles. The van der Waals surface area contributed by atoms with E-state index in [1.807, 2.05) is 32.0 Å². The molecule has 2 aromatic heterocycles. The van der Waals surface area contributed by atoms with E-state index in [9.17, 15) is 14.4 Å². The fourth-order valence-electron chi connectivity index (χ4n) is 2.52. The minimum Gasteiger partial charge on any atom is -0.321 e. The van der Waals surface area contributed by atoms with E-state index in [2.05, 4.69) is 15.3 Å². The van der Waals surface area contributed by atoms with Crippen molar-refractivity contribution in [2.24, 2.45) is 0 Å². The molecule has 0 radical (unpaired) electrons. The molecule has 0 unspecified atom stereocenters. The first kappa shape index (κ1) is 15.2. The van der Waals surface area contributed by atoms with Gasteiger partial charge in [-0.25, -0.2) is 4.79 Å². The van der Waals surface area contributed by atoms with Gasteiger partial charge in [-0.15, -0.1) is 11.3 Å². The number of carbonyl (C=O) groups excluding carboxylic acids is 1. The van der Waals surface area contributed by atoms with Gasteiger partial charge in [0.1, 0.15) is 4.83 Å². The number of rotatable bonds is 2. The number of carbonyl (C=O) groups is 1. The zero-order chi connectivity index (χ0) is 16.7. The Bertz CT molecular complexity index is 1040. The van der Waals surface area contributed by atoms with E-state index in [1.54, 1.807) is 6.92 Å². The molecule has 2 heterocycles. The van der Waals surface area contributed by atoms with Crippen LogP contribution in [0, 0.1) is 20.8 Å². The van der Waals surface area contributed by atoms with Crippen molar-refractivity contribution in [2.75, 3.05) is 5.32 Å². The molecule has 0 spiro atoms. The first-order valence-electron chi connectivity index (χ1n) is 7.01. The summed E-state index contributed by atoms with van der Waals surface area (Å²) >= 11 is 1.10. The number of benzene rings is 1. The van der Waals surface area contributed by atoms with Gasteiger partial charge in [0.25, 0.3) is 11.5 Å². The summed E-state index contributed by atoms with van der Waals surface area (Å²) in [5.74, 6) is -0.295. The Balaban J connectivity index is 2.04. The predicted octanol–water partition coefficient (Wildman–Crippen LogP) is 2.46. The van der Waals surface area contributed by atoms with E-state index >= 15 is 0 Å². The van der Waals surface area contributed by atoms with Crippen LogP contribution in [-0.2, 0) is 0 Å². The molecule has 0 aliphatic rings. The van der Waals surface area contributed by atoms with E-state index in [1.165, 1.54) is 0 Å². The lowest BCUT2D eigenvalue weighted by Gasteiger charge is -2.08. The summed E-state index contributed by atoms with van der Waals surface area (Å²) in [7, 11) is 0. The topological polar surface area (TPSA) is 94.8 Å². The largest absolute Gasteiger partial charge is 0.326 e. The van der Waals surface area contributed by atoms with E-state index in [0.29, 0.717) is 20.7 Å². The predicted molar refractivity (Wildman–Crippen MR) is 91.7 cm³/mol. The van der Waals surface area contributed by atoms with E-state index in [0.717, 1.165) is 28.2 Å². The molecule has 7 heteroatoms. The molecule has 0 fully saturated rings. The maximum absolute atomic E-state index is 12.5. The molecule has 23 heavy (non-hydrogen) atoms. The summed E-state index contributed by atoms with van der Waals surface area (Å²) in [6, 6.07) is 5.75. The Hall–Kier alpha value is -2.67. The van der Waals surface area contributed by atoms with Crippen molar-refractivity contribution in [3.63, 3.8) is 0 Å². The first-order valence-corrected chi connectivity index (χ1v) is 7.83. The number of aryl methyl sites for hydroxylation is 3. The molecule has 0 aliphatic heterocycles. The van der Waals surface area contributed by atoms with Crippen molar-refractivity contribution in [3.8, 4) is 0 Å². The van der Waals surface area contributed by atoms with Crippen LogP contribution in [0.4, 0.5) is 5.69 Å². The summed E-state index contributed by atoms with van der Waals surface area (Å²) in [6.07, 6.45) is 0. The molecular formula is C16H15N3O3S. The number of amides is 1. The van der Waals surface area contributed by atoms with Gasteiger partial charge in [0, 0.05) is 5.69 Å². The minimum atomic E-state index is -0.579. The van der Waals surface area contributed by atoms with Crippen LogP contribution in [0.3, 0.4) is 0 Å². The lowest BCUT2D eigenvalue weighted by atomic mass is 10.1. The van der Waals surface area contributed by atoms with Gasteiger partial charge >= 0.3 is 5.69 Å². The van der Waals surface area contributed by atoms with Crippen molar-refractivity contribution in [2.45, 2.75) is 20.8 Å². The highest BCUT2D eigenvalue weighted by molar-refractivity contribution is 7.20. The molecule has 0 aliphatic carbocycles. The number of aromatic nitrogens is 2. The van der Waals surface area contributed by atoms with Crippen LogP contribution in [0.5, 0.6) is 0 Å². The van der Waals surface area contributed by atoms with Gasteiger partial charge in [-0.1, -0.05) is 17.7 Å². The third kappa shape index (κ3) is 2.70. The third-order valence-corrected chi connectivity index (χ3v) is 4.87. The molecule has 0 saturated carbocycles. The lowest BCUT2D eigenvalue weighted by molar-refractivity contribution is 0.103. The smallest absolute Gasteiger partial charge is 0.321 e. The fraction of sp³-hybridized carbons (Fsp3) is 0.188. The number of fused-ring (bicyclic) bond motifs is 1. The van der Waals surface area contributed by atoms with Crippen LogP contribution < -0.4 is 16.6 Å². The minimum absolute atomic E-state index is 0.295. The quantitative estimate of drug-likeness (QED) is 0.674. The molecule has 1 amide bonds. The molecule has 0 atom stereocenters. The summed E-state index contributed by atoms with van der Waals surface area (Å²) in [5.41, 5.74) is 2.30. The van der Waals surface area contributed by atoms with Crippen LogP contribution >= 0.6 is 11.3 Å². The average Bonchev–Trinajstić information content (AvgIpc) is 2.79. The van der Waals surface area contributed by atoms with Gasteiger partial charge in [-0.2, -0.15) is 0 Å². The highest BCUT2D eigenvalue weighted by Crippen LogP contribution is 2.27. The SMILES string of the molecule is Cc1ccc(NC(=O)c2sc3[nH]c(=O)[nH]c(=O)c3c2C)c(C)c1. The van der Waals surface area contributed by atoms with Gasteiger partial charge in [0.05, 0.1) is 10.3 Å². The third-order valence-electron chi connectivity index (χ3n) is 3.66. The zero-order valence-corrected chi connectivity index (χ0v) is 13.7. The molecule has 6 nitrogen and oxygen atoms in total. The van der Waals surface area contributed by atoms with Gasteiger partial charge in [0.15, 0.2) is 0 Å². The van der Waals surface area contributed by atoms with Crippen LogP contribution in [-0.4, -0.2) is 15.9 Å². The summed E-state index contributed by atoms with van der Waals surface area (Å²) in [6.45, 7) is 5.60. The van der Waals surface area contributed by atoms with Crippen molar-refractivity contribution in [3.05, 3.63) is 60.6 Å². The summed E-state index contributed by atoms with van der Waals surface area (Å²) in [4.78, 5) is 41.3. The summed E-state index contributed by atoms with van der Waals surface area (Å²) in [5, 5.41) is 3.20. The number of anilines is 1. The second-order valence-corrected chi connectivity index (χ2v) is 6.46. The maximum Gasteiger partial charge on any atom is 0.326 e. The number of aromatic amines is 2. The molecule has 0 bridgehead atoms. The van der Waals surface area contributed by atoms with Crippen molar-refractivity contribution < 1.29 is 4.79 Å². The van der Waals surface area contributed by atoms with E-state index < -0.39 is 11.2 Å². The van der Waals surface area contributed by atoms with Crippen LogP contribution in [0.25, 0.3) is 10.2 Å². The molecular weight excluding hydrogens is 314 g/mol. The Labute approximate surface area is 135 Å². The number of nitrogens with one attached hydrogen (secondary N) is 3. The standard InChI is InChI=1S/C16H15N3O3S/c1-7-4-5-10(8(2)6-7)17-14(21)12-9(3)11-13(20)18-16(22)19-15(11)23-12/h4-6H,1-3H3,(H,17,21)(H2,18,19,20,22).